The van der Waals surface area contributed by atoms with Crippen molar-refractivity contribution in [2.24, 2.45) is 14.1 Å². The van der Waals surface area contributed by atoms with E-state index < -0.39 is 0 Å². The van der Waals surface area contributed by atoms with Crippen LogP contribution in [0.15, 0.2) is 65.5 Å². The Morgan fingerprint density at radius 1 is 0.929 bits per heavy atom. The Labute approximate surface area is 161 Å². The predicted octanol–water partition coefficient (Wildman–Crippen LogP) is 2.26. The molecule has 0 aliphatic heterocycles. The summed E-state index contributed by atoms with van der Waals surface area (Å²) >= 11 is 0. The monoisotopic (exact) mass is 373 g/mol. The zero-order chi connectivity index (χ0) is 19.7. The van der Waals surface area contributed by atoms with E-state index in [4.69, 9.17) is 0 Å². The van der Waals surface area contributed by atoms with Gasteiger partial charge in [-0.25, -0.2) is 4.68 Å². The van der Waals surface area contributed by atoms with Crippen LogP contribution in [0.25, 0.3) is 22.0 Å². The molecule has 28 heavy (non-hydrogen) atoms. The maximum Gasteiger partial charge on any atom is 0.274 e. The van der Waals surface area contributed by atoms with Crippen molar-refractivity contribution in [2.45, 2.75) is 6.54 Å². The van der Waals surface area contributed by atoms with Crippen LogP contribution in [0.2, 0.25) is 0 Å². The number of aryl methyl sites for hydroxylation is 2. The second-order valence-electron chi connectivity index (χ2n) is 6.51. The van der Waals surface area contributed by atoms with Crippen molar-refractivity contribution >= 4 is 16.7 Å². The normalized spacial score (nSPS) is 10.9. The topological polar surface area (TPSA) is 81.8 Å². The van der Waals surface area contributed by atoms with Gasteiger partial charge in [-0.05, 0) is 12.1 Å². The number of nitrogens with zero attached hydrogens (tertiary/aromatic N) is 4. The largest absolute Gasteiger partial charge is 0.345 e. The highest BCUT2D eigenvalue weighted by Gasteiger charge is 2.15. The van der Waals surface area contributed by atoms with E-state index in [0.29, 0.717) is 16.8 Å². The Hall–Kier alpha value is -3.74. The number of carbonyl (C=O) groups is 1. The van der Waals surface area contributed by atoms with E-state index in [0.717, 1.165) is 16.6 Å². The summed E-state index contributed by atoms with van der Waals surface area (Å²) in [6, 6.07) is 18.7. The molecular formula is C21H19N5O2. The van der Waals surface area contributed by atoms with E-state index in [1.807, 2.05) is 48.5 Å². The number of carbonyl (C=O) groups excluding carboxylic acids is 1. The van der Waals surface area contributed by atoms with Crippen LogP contribution in [-0.2, 0) is 20.6 Å². The maximum absolute atomic E-state index is 12.7. The number of hydrogen-bond acceptors (Lipinski definition) is 4. The van der Waals surface area contributed by atoms with Crippen LogP contribution in [-0.4, -0.2) is 25.5 Å². The zero-order valence-corrected chi connectivity index (χ0v) is 15.6. The minimum absolute atomic E-state index is 0.162. The van der Waals surface area contributed by atoms with Gasteiger partial charge in [0, 0.05) is 25.0 Å². The van der Waals surface area contributed by atoms with Crippen molar-refractivity contribution in [3.05, 3.63) is 82.4 Å². The van der Waals surface area contributed by atoms with Gasteiger partial charge in [0.05, 0.1) is 23.3 Å². The molecule has 1 amide bonds. The van der Waals surface area contributed by atoms with E-state index >= 15 is 0 Å². The van der Waals surface area contributed by atoms with E-state index in [9.17, 15) is 9.59 Å². The standard InChI is InChI=1S/C21H19N5O2/c1-25-19(12-17(23-25)14-8-4-3-5-9-14)20(27)22-13-18-15-10-6-7-11-16(15)21(28)26(2)24-18/h3-12H,13H2,1-2H3,(H,22,27). The van der Waals surface area contributed by atoms with Crippen LogP contribution in [0.3, 0.4) is 0 Å². The number of nitrogens with one attached hydrogen (secondary N) is 1. The molecule has 2 heterocycles. The fourth-order valence-corrected chi connectivity index (χ4v) is 3.19. The summed E-state index contributed by atoms with van der Waals surface area (Å²) in [7, 11) is 3.34. The Morgan fingerprint density at radius 2 is 1.61 bits per heavy atom. The van der Waals surface area contributed by atoms with Gasteiger partial charge in [0.15, 0.2) is 0 Å². The number of amides is 1. The van der Waals surface area contributed by atoms with Crippen molar-refractivity contribution < 1.29 is 4.79 Å². The number of hydrogen-bond donors (Lipinski definition) is 1. The molecule has 1 N–H and O–H groups in total. The van der Waals surface area contributed by atoms with Gasteiger partial charge in [-0.15, -0.1) is 0 Å². The van der Waals surface area contributed by atoms with E-state index in [-0.39, 0.29) is 18.0 Å². The van der Waals surface area contributed by atoms with Crippen LogP contribution in [0.4, 0.5) is 0 Å². The Morgan fingerprint density at radius 3 is 2.36 bits per heavy atom. The summed E-state index contributed by atoms with van der Waals surface area (Å²) in [6.45, 7) is 0.208. The molecule has 140 valence electrons. The van der Waals surface area contributed by atoms with Crippen molar-refractivity contribution in [1.82, 2.24) is 24.9 Å². The van der Waals surface area contributed by atoms with Crippen LogP contribution >= 0.6 is 0 Å². The van der Waals surface area contributed by atoms with E-state index in [1.54, 1.807) is 30.9 Å². The van der Waals surface area contributed by atoms with Crippen LogP contribution in [0, 0.1) is 0 Å². The first-order valence-corrected chi connectivity index (χ1v) is 8.87. The first-order valence-electron chi connectivity index (χ1n) is 8.87. The summed E-state index contributed by atoms with van der Waals surface area (Å²) in [6.07, 6.45) is 0. The Balaban J connectivity index is 1.59. The van der Waals surface area contributed by atoms with Gasteiger partial charge in [0.2, 0.25) is 0 Å². The minimum Gasteiger partial charge on any atom is -0.345 e. The average molecular weight is 373 g/mol. The van der Waals surface area contributed by atoms with Crippen LogP contribution in [0.1, 0.15) is 16.2 Å². The summed E-state index contributed by atoms with van der Waals surface area (Å²) < 4.78 is 2.85. The first kappa shape index (κ1) is 17.7. The average Bonchev–Trinajstić information content (AvgIpc) is 3.12. The zero-order valence-electron chi connectivity index (χ0n) is 15.6. The molecule has 0 aliphatic rings. The van der Waals surface area contributed by atoms with E-state index in [2.05, 4.69) is 15.5 Å². The third-order valence-corrected chi connectivity index (χ3v) is 4.63. The van der Waals surface area contributed by atoms with Crippen LogP contribution in [0.5, 0.6) is 0 Å². The molecule has 0 saturated carbocycles. The lowest BCUT2D eigenvalue weighted by Gasteiger charge is -2.09. The quantitative estimate of drug-likeness (QED) is 0.595. The number of rotatable bonds is 4. The van der Waals surface area contributed by atoms with Gasteiger partial charge < -0.3 is 5.32 Å². The molecule has 4 aromatic rings. The summed E-state index contributed by atoms with van der Waals surface area (Å²) in [4.78, 5) is 24.9. The molecule has 7 heteroatoms. The number of fused-ring (bicyclic) bond motifs is 1. The molecule has 0 aliphatic carbocycles. The van der Waals surface area contributed by atoms with Gasteiger partial charge in [0.1, 0.15) is 5.69 Å². The molecule has 7 nitrogen and oxygen atoms in total. The number of benzene rings is 2. The molecule has 2 aromatic heterocycles. The molecule has 0 saturated heterocycles. The Kier molecular flexibility index (Phi) is 4.49. The fraction of sp³-hybridized carbons (Fsp3) is 0.143. The molecule has 0 bridgehead atoms. The smallest absolute Gasteiger partial charge is 0.274 e. The minimum atomic E-state index is -0.253. The summed E-state index contributed by atoms with van der Waals surface area (Å²) in [5.74, 6) is -0.253. The lowest BCUT2D eigenvalue weighted by Crippen LogP contribution is -2.28. The summed E-state index contributed by atoms with van der Waals surface area (Å²) in [5.41, 5.74) is 2.61. The molecule has 2 aromatic carbocycles. The Bertz CT molecular complexity index is 1220. The predicted molar refractivity (Wildman–Crippen MR) is 107 cm³/mol. The highest BCUT2D eigenvalue weighted by molar-refractivity contribution is 5.94. The lowest BCUT2D eigenvalue weighted by atomic mass is 10.1. The van der Waals surface area contributed by atoms with Gasteiger partial charge in [-0.1, -0.05) is 48.5 Å². The lowest BCUT2D eigenvalue weighted by molar-refractivity contribution is 0.0941. The van der Waals surface area contributed by atoms with Crippen molar-refractivity contribution in [3.8, 4) is 11.3 Å². The molecular weight excluding hydrogens is 354 g/mol. The van der Waals surface area contributed by atoms with Crippen molar-refractivity contribution in [2.75, 3.05) is 0 Å². The van der Waals surface area contributed by atoms with Gasteiger partial charge in [-0.3, -0.25) is 14.3 Å². The van der Waals surface area contributed by atoms with Gasteiger partial charge in [0.25, 0.3) is 11.5 Å². The first-order chi connectivity index (χ1) is 13.5. The van der Waals surface area contributed by atoms with Gasteiger partial charge >= 0.3 is 0 Å². The molecule has 0 spiro atoms. The molecule has 0 radical (unpaired) electrons. The summed E-state index contributed by atoms with van der Waals surface area (Å²) in [5, 5.41) is 12.9. The highest BCUT2D eigenvalue weighted by Crippen LogP contribution is 2.18. The second-order valence-corrected chi connectivity index (χ2v) is 6.51. The second kappa shape index (κ2) is 7.11. The van der Waals surface area contributed by atoms with Crippen molar-refractivity contribution in [3.63, 3.8) is 0 Å². The third-order valence-electron chi connectivity index (χ3n) is 4.63. The SMILES string of the molecule is Cn1nc(-c2ccccc2)cc1C(=O)NCc1nn(C)c(=O)c2ccccc12. The molecule has 0 unspecified atom stereocenters. The van der Waals surface area contributed by atoms with E-state index in [1.165, 1.54) is 4.68 Å². The molecule has 0 atom stereocenters. The number of aromatic nitrogens is 4. The highest BCUT2D eigenvalue weighted by atomic mass is 16.2. The van der Waals surface area contributed by atoms with Gasteiger partial charge in [-0.2, -0.15) is 10.2 Å². The molecule has 4 rings (SSSR count). The van der Waals surface area contributed by atoms with Crippen LogP contribution < -0.4 is 10.9 Å². The molecule has 0 fully saturated rings. The van der Waals surface area contributed by atoms with Crippen molar-refractivity contribution in [1.29, 1.82) is 0 Å². The third kappa shape index (κ3) is 3.18. The fourth-order valence-electron chi connectivity index (χ4n) is 3.19. The maximum atomic E-state index is 12.7.